The molecule has 3 rings (SSSR count). The molecule has 0 bridgehead atoms. The Labute approximate surface area is 127 Å². The summed E-state index contributed by atoms with van der Waals surface area (Å²) < 4.78 is 0. The van der Waals surface area contributed by atoms with Gasteiger partial charge in [-0.15, -0.1) is 0 Å². The predicted octanol–water partition coefficient (Wildman–Crippen LogP) is 3.94. The van der Waals surface area contributed by atoms with Gasteiger partial charge in [-0.3, -0.25) is 4.98 Å². The first-order valence-corrected chi connectivity index (χ1v) is 8.22. The second kappa shape index (κ2) is 6.99. The van der Waals surface area contributed by atoms with Crippen molar-refractivity contribution in [3.05, 3.63) is 36.2 Å². The number of hydrogen-bond donors (Lipinski definition) is 1. The fourth-order valence-electron chi connectivity index (χ4n) is 3.43. The van der Waals surface area contributed by atoms with Gasteiger partial charge in [0.1, 0.15) is 0 Å². The molecule has 0 spiro atoms. The maximum Gasteiger partial charge on any atom is 0.0890 e. The molecule has 0 saturated heterocycles. The molecule has 1 aromatic carbocycles. The molecule has 112 valence electrons. The number of aromatic nitrogens is 2. The zero-order valence-corrected chi connectivity index (χ0v) is 12.9. The maximum atomic E-state index is 4.65. The minimum absolute atomic E-state index is 0.820. The Kier molecular flexibility index (Phi) is 4.81. The molecule has 2 unspecified atom stereocenters. The van der Waals surface area contributed by atoms with E-state index in [1.165, 1.54) is 32.1 Å². The van der Waals surface area contributed by atoms with Crippen LogP contribution in [0.5, 0.6) is 0 Å². The van der Waals surface area contributed by atoms with Crippen molar-refractivity contribution in [1.82, 2.24) is 15.3 Å². The van der Waals surface area contributed by atoms with Crippen LogP contribution in [0.4, 0.5) is 0 Å². The second-order valence-corrected chi connectivity index (χ2v) is 6.45. The van der Waals surface area contributed by atoms with Gasteiger partial charge in [-0.25, -0.2) is 4.98 Å². The Morgan fingerprint density at radius 2 is 2.05 bits per heavy atom. The van der Waals surface area contributed by atoms with E-state index < -0.39 is 0 Å². The Balaban J connectivity index is 1.46. The number of benzene rings is 1. The normalized spacial score (nSPS) is 22.5. The lowest BCUT2D eigenvalue weighted by Gasteiger charge is -2.26. The highest BCUT2D eigenvalue weighted by molar-refractivity contribution is 5.73. The van der Waals surface area contributed by atoms with Crippen LogP contribution in [0.15, 0.2) is 30.5 Å². The van der Waals surface area contributed by atoms with E-state index in [4.69, 9.17) is 0 Å². The van der Waals surface area contributed by atoms with Gasteiger partial charge in [-0.2, -0.15) is 0 Å². The van der Waals surface area contributed by atoms with Gasteiger partial charge in [0.2, 0.25) is 0 Å². The fraction of sp³-hybridized carbons (Fsp3) is 0.556. The first-order valence-electron chi connectivity index (χ1n) is 8.22. The summed E-state index contributed by atoms with van der Waals surface area (Å²) in [7, 11) is 0. The smallest absolute Gasteiger partial charge is 0.0890 e. The van der Waals surface area contributed by atoms with Gasteiger partial charge in [-0.1, -0.05) is 38.3 Å². The van der Waals surface area contributed by atoms with E-state index in [9.17, 15) is 0 Å². The molecule has 1 aliphatic rings. The quantitative estimate of drug-likeness (QED) is 0.845. The van der Waals surface area contributed by atoms with Crippen molar-refractivity contribution in [2.45, 2.75) is 45.6 Å². The third-order valence-electron chi connectivity index (χ3n) is 4.58. The monoisotopic (exact) mass is 283 g/mol. The van der Waals surface area contributed by atoms with Gasteiger partial charge in [0.25, 0.3) is 0 Å². The lowest BCUT2D eigenvalue weighted by molar-refractivity contribution is 0.267. The van der Waals surface area contributed by atoms with E-state index in [0.717, 1.165) is 41.7 Å². The third kappa shape index (κ3) is 4.01. The predicted molar refractivity (Wildman–Crippen MR) is 87.0 cm³/mol. The molecule has 1 fully saturated rings. The molecule has 3 heteroatoms. The van der Waals surface area contributed by atoms with E-state index in [1.54, 1.807) is 0 Å². The van der Waals surface area contributed by atoms with Crippen molar-refractivity contribution >= 4 is 11.0 Å². The van der Waals surface area contributed by atoms with Crippen LogP contribution < -0.4 is 5.32 Å². The zero-order chi connectivity index (χ0) is 14.5. The van der Waals surface area contributed by atoms with Crippen LogP contribution >= 0.6 is 0 Å². The van der Waals surface area contributed by atoms with E-state index in [-0.39, 0.29) is 0 Å². The van der Waals surface area contributed by atoms with Gasteiger partial charge >= 0.3 is 0 Å². The summed E-state index contributed by atoms with van der Waals surface area (Å²) in [5, 5.41) is 3.53. The highest BCUT2D eigenvalue weighted by Crippen LogP contribution is 2.30. The van der Waals surface area contributed by atoms with Crippen molar-refractivity contribution in [3.63, 3.8) is 0 Å². The molecular formula is C18H25N3. The standard InChI is InChI=1S/C18H25N3/c1-14-5-4-6-15(11-14)9-10-19-12-16-13-20-17-7-2-3-8-18(17)21-16/h2-3,7-8,13-15,19H,4-6,9-12H2,1H3. The summed E-state index contributed by atoms with van der Waals surface area (Å²) in [6.45, 7) is 4.30. The van der Waals surface area contributed by atoms with Gasteiger partial charge in [0, 0.05) is 6.54 Å². The highest BCUT2D eigenvalue weighted by atomic mass is 14.9. The Morgan fingerprint density at radius 3 is 2.90 bits per heavy atom. The molecular weight excluding hydrogens is 258 g/mol. The van der Waals surface area contributed by atoms with Crippen molar-refractivity contribution in [1.29, 1.82) is 0 Å². The molecule has 21 heavy (non-hydrogen) atoms. The summed E-state index contributed by atoms with van der Waals surface area (Å²) in [5.41, 5.74) is 2.99. The molecule has 2 aromatic rings. The molecule has 3 nitrogen and oxygen atoms in total. The highest BCUT2D eigenvalue weighted by Gasteiger charge is 2.18. The van der Waals surface area contributed by atoms with E-state index >= 15 is 0 Å². The van der Waals surface area contributed by atoms with Gasteiger partial charge in [0.05, 0.1) is 22.9 Å². The van der Waals surface area contributed by atoms with Crippen LogP contribution in [0.25, 0.3) is 11.0 Å². The zero-order valence-electron chi connectivity index (χ0n) is 12.9. The Hall–Kier alpha value is -1.48. The van der Waals surface area contributed by atoms with E-state index in [1.807, 2.05) is 30.5 Å². The SMILES string of the molecule is CC1CCCC(CCNCc2cnc3ccccc3n2)C1. The summed E-state index contributed by atoms with van der Waals surface area (Å²) in [5.74, 6) is 1.85. The minimum Gasteiger partial charge on any atom is -0.311 e. The lowest BCUT2D eigenvalue weighted by Crippen LogP contribution is -2.21. The Morgan fingerprint density at radius 1 is 1.19 bits per heavy atom. The molecule has 1 N–H and O–H groups in total. The minimum atomic E-state index is 0.820. The van der Waals surface area contributed by atoms with Gasteiger partial charge in [-0.05, 0) is 43.4 Å². The molecule has 1 saturated carbocycles. The molecule has 0 aliphatic heterocycles. The lowest BCUT2D eigenvalue weighted by atomic mass is 9.81. The van der Waals surface area contributed by atoms with Crippen molar-refractivity contribution in [3.8, 4) is 0 Å². The van der Waals surface area contributed by atoms with Crippen LogP contribution in [-0.2, 0) is 6.54 Å². The second-order valence-electron chi connectivity index (χ2n) is 6.45. The molecule has 0 amide bonds. The number of nitrogens with zero attached hydrogens (tertiary/aromatic N) is 2. The molecule has 1 aromatic heterocycles. The average Bonchev–Trinajstić information content (AvgIpc) is 2.51. The van der Waals surface area contributed by atoms with Gasteiger partial charge in [0.15, 0.2) is 0 Å². The molecule has 0 radical (unpaired) electrons. The van der Waals surface area contributed by atoms with Gasteiger partial charge < -0.3 is 5.32 Å². The molecule has 2 atom stereocenters. The first-order chi connectivity index (χ1) is 10.3. The summed E-state index contributed by atoms with van der Waals surface area (Å²) in [6.07, 6.45) is 8.86. The number of fused-ring (bicyclic) bond motifs is 1. The van der Waals surface area contributed by atoms with Crippen LogP contribution in [-0.4, -0.2) is 16.5 Å². The Bertz CT molecular complexity index is 581. The largest absolute Gasteiger partial charge is 0.311 e. The van der Waals surface area contributed by atoms with Crippen LogP contribution in [0.3, 0.4) is 0 Å². The van der Waals surface area contributed by atoms with E-state index in [2.05, 4.69) is 22.2 Å². The summed E-state index contributed by atoms with van der Waals surface area (Å²) in [6, 6.07) is 8.04. The van der Waals surface area contributed by atoms with Crippen LogP contribution in [0.1, 0.15) is 44.7 Å². The average molecular weight is 283 g/mol. The number of hydrogen-bond acceptors (Lipinski definition) is 3. The topological polar surface area (TPSA) is 37.8 Å². The summed E-state index contributed by atoms with van der Waals surface area (Å²) >= 11 is 0. The number of rotatable bonds is 5. The first kappa shape index (κ1) is 14.5. The number of para-hydroxylation sites is 2. The van der Waals surface area contributed by atoms with Crippen molar-refractivity contribution in [2.75, 3.05) is 6.54 Å². The third-order valence-corrected chi connectivity index (χ3v) is 4.58. The van der Waals surface area contributed by atoms with E-state index in [0.29, 0.717) is 0 Å². The van der Waals surface area contributed by atoms with Crippen LogP contribution in [0.2, 0.25) is 0 Å². The van der Waals surface area contributed by atoms with Crippen molar-refractivity contribution in [2.24, 2.45) is 11.8 Å². The number of nitrogens with one attached hydrogen (secondary N) is 1. The fourth-order valence-corrected chi connectivity index (χ4v) is 3.43. The van der Waals surface area contributed by atoms with Crippen LogP contribution in [0, 0.1) is 11.8 Å². The maximum absolute atomic E-state index is 4.65. The molecule has 1 aliphatic carbocycles. The molecule has 1 heterocycles. The summed E-state index contributed by atoms with van der Waals surface area (Å²) in [4.78, 5) is 9.10. The van der Waals surface area contributed by atoms with Crippen molar-refractivity contribution < 1.29 is 0 Å².